The fourth-order valence-corrected chi connectivity index (χ4v) is 7.11. The van der Waals surface area contributed by atoms with E-state index in [9.17, 15) is 23.5 Å². The van der Waals surface area contributed by atoms with Crippen LogP contribution in [0.25, 0.3) is 0 Å². The van der Waals surface area contributed by atoms with Gasteiger partial charge in [0.05, 0.1) is 16.9 Å². The summed E-state index contributed by atoms with van der Waals surface area (Å²) in [5.41, 5.74) is 0.125. The SMILES string of the molecule is Cn1c(C(=O)c2c(F)cccc2F)cc(C2CC2)c1C(=O)NC1C2CC3CC1CC(O)(C3)C2. The lowest BCUT2D eigenvalue weighted by Gasteiger charge is -2.58. The van der Waals surface area contributed by atoms with Gasteiger partial charge < -0.3 is 15.0 Å². The number of carbonyl (C=O) groups excluding carboxylic acids is 2. The van der Waals surface area contributed by atoms with Gasteiger partial charge in [-0.25, -0.2) is 8.78 Å². The molecular formula is C26H28F2N2O3. The topological polar surface area (TPSA) is 71.3 Å². The summed E-state index contributed by atoms with van der Waals surface area (Å²) < 4.78 is 30.1. The van der Waals surface area contributed by atoms with Crippen LogP contribution < -0.4 is 5.32 Å². The highest BCUT2D eigenvalue weighted by molar-refractivity contribution is 6.10. The fourth-order valence-electron chi connectivity index (χ4n) is 7.11. The summed E-state index contributed by atoms with van der Waals surface area (Å²) >= 11 is 0. The van der Waals surface area contributed by atoms with Gasteiger partial charge in [-0.2, -0.15) is 0 Å². The first kappa shape index (κ1) is 21.0. The van der Waals surface area contributed by atoms with Crippen LogP contribution in [0.3, 0.4) is 0 Å². The molecule has 5 nitrogen and oxygen atoms in total. The first-order valence-corrected chi connectivity index (χ1v) is 12.0. The molecule has 33 heavy (non-hydrogen) atoms. The molecule has 5 aliphatic carbocycles. The van der Waals surface area contributed by atoms with E-state index >= 15 is 0 Å². The normalized spacial score (nSPS) is 32.2. The van der Waals surface area contributed by atoms with Crippen LogP contribution in [-0.2, 0) is 7.05 Å². The highest BCUT2D eigenvalue weighted by atomic mass is 19.1. The minimum Gasteiger partial charge on any atom is -0.390 e. The molecule has 4 bridgehead atoms. The number of ketones is 1. The molecule has 2 unspecified atom stereocenters. The predicted molar refractivity (Wildman–Crippen MR) is 117 cm³/mol. The number of nitrogens with one attached hydrogen (secondary N) is 1. The lowest BCUT2D eigenvalue weighted by atomic mass is 9.52. The number of hydrogen-bond donors (Lipinski definition) is 2. The van der Waals surface area contributed by atoms with Gasteiger partial charge in [-0.05, 0) is 92.4 Å². The molecule has 1 aromatic heterocycles. The number of amides is 1. The van der Waals surface area contributed by atoms with E-state index in [-0.39, 0.29) is 35.4 Å². The third kappa shape index (κ3) is 3.35. The average molecular weight is 455 g/mol. The van der Waals surface area contributed by atoms with E-state index in [2.05, 4.69) is 5.32 Å². The number of aromatic nitrogens is 1. The number of hydrogen-bond acceptors (Lipinski definition) is 3. The second kappa shape index (κ2) is 7.23. The number of aliphatic hydroxyl groups is 1. The Hall–Kier alpha value is -2.54. The molecule has 2 N–H and O–H groups in total. The van der Waals surface area contributed by atoms with Crippen molar-refractivity contribution in [3.8, 4) is 0 Å². The molecule has 2 atom stereocenters. The third-order valence-electron chi connectivity index (χ3n) is 8.46. The van der Waals surface area contributed by atoms with Gasteiger partial charge in [0.2, 0.25) is 5.78 Å². The molecule has 1 heterocycles. The standard InChI is InChI=1S/C26H28F2N2O3/c1-30-20(24(31)21-18(27)3-2-4-19(21)28)9-17(14-5-6-14)23(30)25(32)29-22-15-7-13-8-16(22)12-26(33,10-13)11-15/h2-4,9,13-16,22,33H,5-8,10-12H2,1H3,(H,29,32). The van der Waals surface area contributed by atoms with Gasteiger partial charge in [0.15, 0.2) is 0 Å². The Kier molecular flexibility index (Phi) is 4.60. The van der Waals surface area contributed by atoms with Crippen molar-refractivity contribution in [1.82, 2.24) is 9.88 Å². The van der Waals surface area contributed by atoms with Crippen LogP contribution in [-0.4, -0.2) is 33.0 Å². The summed E-state index contributed by atoms with van der Waals surface area (Å²) in [6, 6.07) is 5.01. The van der Waals surface area contributed by atoms with Crippen LogP contribution in [0.15, 0.2) is 24.3 Å². The molecule has 0 spiro atoms. The molecule has 5 saturated carbocycles. The van der Waals surface area contributed by atoms with Crippen molar-refractivity contribution in [3.05, 3.63) is 58.4 Å². The van der Waals surface area contributed by atoms with E-state index in [1.165, 1.54) is 10.6 Å². The molecule has 5 aliphatic rings. The monoisotopic (exact) mass is 454 g/mol. The lowest BCUT2D eigenvalue weighted by molar-refractivity contribution is -0.137. The van der Waals surface area contributed by atoms with Gasteiger partial charge in [0, 0.05) is 13.1 Å². The molecular weight excluding hydrogens is 426 g/mol. The Morgan fingerprint density at radius 2 is 1.73 bits per heavy atom. The van der Waals surface area contributed by atoms with E-state index in [0.717, 1.165) is 62.6 Å². The second-order valence-corrected chi connectivity index (χ2v) is 10.8. The summed E-state index contributed by atoms with van der Waals surface area (Å²) in [5, 5.41) is 14.1. The Morgan fingerprint density at radius 3 is 2.30 bits per heavy atom. The molecule has 2 aromatic rings. The highest BCUT2D eigenvalue weighted by Crippen LogP contribution is 2.55. The minimum atomic E-state index is -0.910. The van der Waals surface area contributed by atoms with Crippen molar-refractivity contribution in [1.29, 1.82) is 0 Å². The first-order chi connectivity index (χ1) is 15.7. The summed E-state index contributed by atoms with van der Waals surface area (Å²) in [4.78, 5) is 26.6. The molecule has 0 aliphatic heterocycles. The summed E-state index contributed by atoms with van der Waals surface area (Å²) in [5.74, 6) is -1.56. The number of benzene rings is 1. The number of carbonyl (C=O) groups is 2. The maximum Gasteiger partial charge on any atom is 0.268 e. The van der Waals surface area contributed by atoms with Crippen molar-refractivity contribution in [2.45, 2.75) is 62.5 Å². The van der Waals surface area contributed by atoms with Crippen LogP contribution >= 0.6 is 0 Å². The van der Waals surface area contributed by atoms with Crippen LogP contribution in [0.4, 0.5) is 8.78 Å². The van der Waals surface area contributed by atoms with E-state index in [1.54, 1.807) is 13.1 Å². The van der Waals surface area contributed by atoms with Crippen molar-refractivity contribution in [2.75, 3.05) is 0 Å². The highest BCUT2D eigenvalue weighted by Gasteiger charge is 2.55. The molecule has 0 saturated heterocycles. The van der Waals surface area contributed by atoms with Crippen LogP contribution in [0, 0.1) is 29.4 Å². The van der Waals surface area contributed by atoms with Gasteiger partial charge in [0.25, 0.3) is 5.91 Å². The first-order valence-electron chi connectivity index (χ1n) is 12.0. The summed E-state index contributed by atoms with van der Waals surface area (Å²) in [7, 11) is 1.62. The van der Waals surface area contributed by atoms with Crippen LogP contribution in [0.1, 0.15) is 83.0 Å². The van der Waals surface area contributed by atoms with Gasteiger partial charge in [-0.15, -0.1) is 0 Å². The maximum absolute atomic E-state index is 14.3. The molecule has 7 heteroatoms. The fraction of sp³-hybridized carbons (Fsp3) is 0.538. The van der Waals surface area contributed by atoms with E-state index in [0.29, 0.717) is 11.6 Å². The van der Waals surface area contributed by atoms with Gasteiger partial charge in [-0.3, -0.25) is 9.59 Å². The molecule has 1 aromatic carbocycles. The number of rotatable bonds is 5. The quantitative estimate of drug-likeness (QED) is 0.669. The van der Waals surface area contributed by atoms with E-state index in [1.807, 2.05) is 0 Å². The van der Waals surface area contributed by atoms with Gasteiger partial charge in [0.1, 0.15) is 17.3 Å². The number of halogens is 2. The van der Waals surface area contributed by atoms with Crippen LogP contribution in [0.5, 0.6) is 0 Å². The van der Waals surface area contributed by atoms with Gasteiger partial charge in [-0.1, -0.05) is 6.07 Å². The number of nitrogens with zero attached hydrogens (tertiary/aromatic N) is 1. The van der Waals surface area contributed by atoms with Crippen molar-refractivity contribution >= 4 is 11.7 Å². The van der Waals surface area contributed by atoms with Crippen LogP contribution in [0.2, 0.25) is 0 Å². The Bertz CT molecular complexity index is 1130. The average Bonchev–Trinajstić information content (AvgIpc) is 3.51. The third-order valence-corrected chi connectivity index (χ3v) is 8.46. The second-order valence-electron chi connectivity index (χ2n) is 10.8. The van der Waals surface area contributed by atoms with Crippen molar-refractivity contribution < 1.29 is 23.5 Å². The lowest BCUT2D eigenvalue weighted by Crippen LogP contribution is -2.61. The molecule has 174 valence electrons. The Balaban J connectivity index is 1.32. The van der Waals surface area contributed by atoms with E-state index in [4.69, 9.17) is 0 Å². The zero-order valence-electron chi connectivity index (χ0n) is 18.6. The molecule has 1 amide bonds. The molecule has 0 radical (unpaired) electrons. The van der Waals surface area contributed by atoms with Gasteiger partial charge >= 0.3 is 0 Å². The largest absolute Gasteiger partial charge is 0.390 e. The minimum absolute atomic E-state index is 0.0134. The molecule has 5 fully saturated rings. The Labute approximate surface area is 191 Å². The Morgan fingerprint density at radius 1 is 1.09 bits per heavy atom. The predicted octanol–water partition coefficient (Wildman–Crippen LogP) is 4.08. The smallest absolute Gasteiger partial charge is 0.268 e. The zero-order valence-corrected chi connectivity index (χ0v) is 18.6. The maximum atomic E-state index is 14.3. The molecule has 7 rings (SSSR count). The van der Waals surface area contributed by atoms with E-state index < -0.39 is 28.6 Å². The summed E-state index contributed by atoms with van der Waals surface area (Å²) in [6.45, 7) is 0. The van der Waals surface area contributed by atoms with Crippen molar-refractivity contribution in [2.24, 2.45) is 24.8 Å². The summed E-state index contributed by atoms with van der Waals surface area (Å²) in [6.07, 6.45) is 6.24. The zero-order chi connectivity index (χ0) is 23.1. The van der Waals surface area contributed by atoms with Crippen molar-refractivity contribution in [3.63, 3.8) is 0 Å².